The topological polar surface area (TPSA) is 97.2 Å². The monoisotopic (exact) mass is 306 g/mol. The van der Waals surface area contributed by atoms with Crippen LogP contribution in [-0.4, -0.2) is 36.5 Å². The van der Waals surface area contributed by atoms with E-state index in [-0.39, 0.29) is 11.5 Å². The number of aromatic hydroxyl groups is 1. The van der Waals surface area contributed by atoms with Crippen molar-refractivity contribution < 1.29 is 24.2 Å². The van der Waals surface area contributed by atoms with Crippen molar-refractivity contribution in [2.45, 2.75) is 19.9 Å². The second-order valence-corrected chi connectivity index (χ2v) is 4.84. The SMILES string of the molecule is CCOc1cc(C2NC(=O)N=C(C)C2C(=O)OC)ccc1O. The maximum Gasteiger partial charge on any atom is 0.341 e. The van der Waals surface area contributed by atoms with Gasteiger partial charge in [0.1, 0.15) is 5.92 Å². The number of nitrogens with zero attached hydrogens (tertiary/aromatic N) is 1. The number of benzene rings is 1. The van der Waals surface area contributed by atoms with Gasteiger partial charge in [-0.15, -0.1) is 0 Å². The second-order valence-electron chi connectivity index (χ2n) is 4.84. The molecule has 0 fully saturated rings. The molecule has 22 heavy (non-hydrogen) atoms. The fourth-order valence-electron chi connectivity index (χ4n) is 2.42. The summed E-state index contributed by atoms with van der Waals surface area (Å²) in [6.07, 6.45) is 0. The van der Waals surface area contributed by atoms with Crippen LogP contribution >= 0.6 is 0 Å². The molecule has 2 rings (SSSR count). The zero-order chi connectivity index (χ0) is 16.3. The first kappa shape index (κ1) is 15.8. The Bertz CT molecular complexity index is 626. The molecule has 1 aromatic rings. The van der Waals surface area contributed by atoms with Crippen molar-refractivity contribution in [1.29, 1.82) is 0 Å². The molecule has 2 N–H and O–H groups in total. The highest BCUT2D eigenvalue weighted by Crippen LogP contribution is 2.34. The number of ether oxygens (including phenoxy) is 2. The summed E-state index contributed by atoms with van der Waals surface area (Å²) >= 11 is 0. The lowest BCUT2D eigenvalue weighted by molar-refractivity contribution is -0.143. The smallest absolute Gasteiger partial charge is 0.341 e. The first-order chi connectivity index (χ1) is 10.5. The molecule has 2 unspecified atom stereocenters. The minimum atomic E-state index is -0.721. The summed E-state index contributed by atoms with van der Waals surface area (Å²) in [5, 5.41) is 12.4. The Morgan fingerprint density at radius 1 is 1.45 bits per heavy atom. The maximum atomic E-state index is 12.0. The van der Waals surface area contributed by atoms with Gasteiger partial charge < -0.3 is 19.9 Å². The maximum absolute atomic E-state index is 12.0. The molecule has 0 saturated heterocycles. The van der Waals surface area contributed by atoms with Crippen LogP contribution in [0.3, 0.4) is 0 Å². The number of hydrogen-bond donors (Lipinski definition) is 2. The van der Waals surface area contributed by atoms with E-state index in [4.69, 9.17) is 9.47 Å². The number of esters is 1. The number of phenols is 1. The van der Waals surface area contributed by atoms with E-state index in [0.29, 0.717) is 17.9 Å². The summed E-state index contributed by atoms with van der Waals surface area (Å²) in [4.78, 5) is 27.4. The Labute approximate surface area is 127 Å². The molecule has 7 heteroatoms. The van der Waals surface area contributed by atoms with Gasteiger partial charge in [0, 0.05) is 5.71 Å². The second kappa shape index (κ2) is 6.46. The molecule has 7 nitrogen and oxygen atoms in total. The third kappa shape index (κ3) is 3.03. The van der Waals surface area contributed by atoms with Gasteiger partial charge in [0.15, 0.2) is 11.5 Å². The van der Waals surface area contributed by atoms with Crippen LogP contribution in [0.25, 0.3) is 0 Å². The van der Waals surface area contributed by atoms with Crippen molar-refractivity contribution in [2.24, 2.45) is 10.9 Å². The number of nitrogens with one attached hydrogen (secondary N) is 1. The Kier molecular flexibility index (Phi) is 4.65. The molecular formula is C15H18N2O5. The zero-order valence-corrected chi connectivity index (χ0v) is 12.6. The van der Waals surface area contributed by atoms with Crippen molar-refractivity contribution in [2.75, 3.05) is 13.7 Å². The standard InChI is InChI=1S/C15H18N2O5/c1-4-22-11-7-9(5-6-10(11)18)13-12(14(19)21-3)8(2)16-15(20)17-13/h5-7,12-13,18H,4H2,1-3H3,(H,17,20). The van der Waals surface area contributed by atoms with Crippen LogP contribution < -0.4 is 10.1 Å². The van der Waals surface area contributed by atoms with Crippen molar-refractivity contribution in [3.8, 4) is 11.5 Å². The van der Waals surface area contributed by atoms with Crippen molar-refractivity contribution in [3.63, 3.8) is 0 Å². The van der Waals surface area contributed by atoms with Crippen LogP contribution in [0.15, 0.2) is 23.2 Å². The van der Waals surface area contributed by atoms with Gasteiger partial charge in [-0.2, -0.15) is 0 Å². The van der Waals surface area contributed by atoms with Gasteiger partial charge in [-0.05, 0) is 31.5 Å². The molecule has 1 aromatic carbocycles. The number of rotatable bonds is 4. The number of methoxy groups -OCH3 is 1. The highest BCUT2D eigenvalue weighted by molar-refractivity contribution is 6.08. The number of amides is 2. The summed E-state index contributed by atoms with van der Waals surface area (Å²) < 4.78 is 10.1. The van der Waals surface area contributed by atoms with Gasteiger partial charge in [-0.3, -0.25) is 4.79 Å². The van der Waals surface area contributed by atoms with Crippen LogP contribution in [0.4, 0.5) is 4.79 Å². The molecule has 1 heterocycles. The number of phenolic OH excluding ortho intramolecular Hbond substituents is 1. The largest absolute Gasteiger partial charge is 0.504 e. The Hall–Kier alpha value is -2.57. The first-order valence-electron chi connectivity index (χ1n) is 6.87. The van der Waals surface area contributed by atoms with E-state index in [1.165, 1.54) is 13.2 Å². The summed E-state index contributed by atoms with van der Waals surface area (Å²) in [7, 11) is 1.28. The van der Waals surface area contributed by atoms with Gasteiger partial charge in [0.05, 0.1) is 19.8 Å². The number of urea groups is 1. The average Bonchev–Trinajstić information content (AvgIpc) is 2.48. The molecule has 1 aliphatic rings. The van der Waals surface area contributed by atoms with Crippen molar-refractivity contribution >= 4 is 17.7 Å². The van der Waals surface area contributed by atoms with E-state index in [9.17, 15) is 14.7 Å². The van der Waals surface area contributed by atoms with Crippen molar-refractivity contribution in [3.05, 3.63) is 23.8 Å². The molecule has 118 valence electrons. The van der Waals surface area contributed by atoms with Crippen LogP contribution in [0.1, 0.15) is 25.5 Å². The van der Waals surface area contributed by atoms with Gasteiger partial charge in [-0.1, -0.05) is 6.07 Å². The van der Waals surface area contributed by atoms with E-state index >= 15 is 0 Å². The van der Waals surface area contributed by atoms with Crippen LogP contribution in [0, 0.1) is 5.92 Å². The number of carbonyl (C=O) groups excluding carboxylic acids is 2. The lowest BCUT2D eigenvalue weighted by Gasteiger charge is -2.29. The van der Waals surface area contributed by atoms with E-state index < -0.39 is 24.0 Å². The van der Waals surface area contributed by atoms with Crippen LogP contribution in [0.5, 0.6) is 11.5 Å². The fraction of sp³-hybridized carbons (Fsp3) is 0.400. The number of aliphatic imine (C=N–C) groups is 1. The van der Waals surface area contributed by atoms with Gasteiger partial charge in [-0.25, -0.2) is 9.79 Å². The van der Waals surface area contributed by atoms with E-state index in [0.717, 1.165) is 0 Å². The highest BCUT2D eigenvalue weighted by Gasteiger charge is 2.37. The van der Waals surface area contributed by atoms with Crippen LogP contribution in [-0.2, 0) is 9.53 Å². The summed E-state index contributed by atoms with van der Waals surface area (Å²) in [5.41, 5.74) is 1.01. The van der Waals surface area contributed by atoms with Gasteiger partial charge in [0.25, 0.3) is 0 Å². The number of carbonyl (C=O) groups is 2. The van der Waals surface area contributed by atoms with E-state index in [1.807, 2.05) is 0 Å². The third-order valence-corrected chi connectivity index (χ3v) is 3.44. The fourth-order valence-corrected chi connectivity index (χ4v) is 2.42. The minimum Gasteiger partial charge on any atom is -0.504 e. The normalized spacial score (nSPS) is 20.9. The number of hydrogen-bond acceptors (Lipinski definition) is 5. The van der Waals surface area contributed by atoms with E-state index in [1.54, 1.807) is 26.0 Å². The summed E-state index contributed by atoms with van der Waals surface area (Å²) in [6, 6.07) is 3.53. The molecule has 0 bridgehead atoms. The summed E-state index contributed by atoms with van der Waals surface area (Å²) in [5.74, 6) is -0.926. The Morgan fingerprint density at radius 3 is 2.82 bits per heavy atom. The summed E-state index contributed by atoms with van der Waals surface area (Å²) in [6.45, 7) is 3.79. The molecule has 2 atom stereocenters. The predicted molar refractivity (Wildman–Crippen MR) is 79.2 cm³/mol. The Balaban J connectivity index is 2.44. The van der Waals surface area contributed by atoms with Crippen LogP contribution in [0.2, 0.25) is 0 Å². The lowest BCUT2D eigenvalue weighted by Crippen LogP contribution is -2.44. The quantitative estimate of drug-likeness (QED) is 0.827. The molecular weight excluding hydrogens is 288 g/mol. The van der Waals surface area contributed by atoms with Crippen molar-refractivity contribution in [1.82, 2.24) is 5.32 Å². The third-order valence-electron chi connectivity index (χ3n) is 3.44. The minimum absolute atomic E-state index is 0.00672. The molecule has 0 radical (unpaired) electrons. The predicted octanol–water partition coefficient (Wildman–Crippen LogP) is 1.81. The highest BCUT2D eigenvalue weighted by atomic mass is 16.5. The molecule has 1 aliphatic heterocycles. The molecule has 0 spiro atoms. The molecule has 0 aromatic heterocycles. The first-order valence-corrected chi connectivity index (χ1v) is 6.87. The lowest BCUT2D eigenvalue weighted by atomic mass is 9.88. The van der Waals surface area contributed by atoms with Gasteiger partial charge >= 0.3 is 12.0 Å². The molecule has 0 saturated carbocycles. The zero-order valence-electron chi connectivity index (χ0n) is 12.6. The van der Waals surface area contributed by atoms with E-state index in [2.05, 4.69) is 10.3 Å². The molecule has 2 amide bonds. The van der Waals surface area contributed by atoms with Gasteiger partial charge in [0.2, 0.25) is 0 Å². The average molecular weight is 306 g/mol. The molecule has 0 aliphatic carbocycles. The Morgan fingerprint density at radius 2 is 2.18 bits per heavy atom.